The van der Waals surface area contributed by atoms with Crippen LogP contribution >= 0.6 is 0 Å². The van der Waals surface area contributed by atoms with Gasteiger partial charge in [0.25, 0.3) is 0 Å². The van der Waals surface area contributed by atoms with Crippen LogP contribution in [-0.4, -0.2) is 0 Å². The van der Waals surface area contributed by atoms with Gasteiger partial charge in [0.1, 0.15) is 0 Å². The average molecular weight is 657 g/mol. The van der Waals surface area contributed by atoms with Gasteiger partial charge in [-0.3, -0.25) is 0 Å². The molecule has 6 aliphatic rings. The zero-order chi connectivity index (χ0) is 33.6. The van der Waals surface area contributed by atoms with Crippen LogP contribution < -0.4 is 0 Å². The Morgan fingerprint density at radius 1 is 0.438 bits per heavy atom. The second-order valence-corrected chi connectivity index (χ2v) is 19.4. The van der Waals surface area contributed by atoms with E-state index in [0.29, 0.717) is 0 Å². The van der Waals surface area contributed by atoms with Crippen molar-refractivity contribution >= 4 is 0 Å². The Labute approximate surface area is 300 Å². The quantitative estimate of drug-likeness (QED) is 0.217. The fraction of sp³-hybridized carbons (Fsp3) is 0.875. The summed E-state index contributed by atoms with van der Waals surface area (Å²) < 4.78 is 0. The summed E-state index contributed by atoms with van der Waals surface area (Å²) in [6.07, 6.45) is 43.7. The Kier molecular flexibility index (Phi) is 13.6. The van der Waals surface area contributed by atoms with Gasteiger partial charge in [0.2, 0.25) is 0 Å². The topological polar surface area (TPSA) is 0 Å². The molecule has 10 unspecified atom stereocenters. The fourth-order valence-electron chi connectivity index (χ4n) is 14.3. The highest BCUT2D eigenvalue weighted by atomic mass is 14.5. The molecule has 0 radical (unpaired) electrons. The standard InChI is InChI=1S/C48H80/c1-7-11-36-16-23-40(24-17-36)43-28-27-38(10-4)46(31-43)45-32-47(41-25-18-37(12-8-2)19-26-41)48(29-34(45)6)44-30-42(20-13-33(44)5)39-21-14-35(9-3)15-22-39/h7-9,11-12,33-48H,3,10,13-32H2,1-2,4-6H3. The van der Waals surface area contributed by atoms with Gasteiger partial charge in [-0.25, -0.2) is 0 Å². The first-order valence-corrected chi connectivity index (χ1v) is 22.3. The highest BCUT2D eigenvalue weighted by molar-refractivity contribution is 5.01. The summed E-state index contributed by atoms with van der Waals surface area (Å²) >= 11 is 0. The van der Waals surface area contributed by atoms with E-state index in [1.807, 2.05) is 0 Å². The minimum Gasteiger partial charge on any atom is -0.103 e. The maximum absolute atomic E-state index is 4.16. The number of rotatable bonds is 9. The van der Waals surface area contributed by atoms with Gasteiger partial charge in [0.15, 0.2) is 0 Å². The molecule has 0 heterocycles. The molecule has 0 aliphatic heterocycles. The lowest BCUT2D eigenvalue weighted by Gasteiger charge is -2.55. The first-order valence-electron chi connectivity index (χ1n) is 22.3. The van der Waals surface area contributed by atoms with Crippen LogP contribution in [0.1, 0.15) is 169 Å². The molecule has 0 amide bonds. The zero-order valence-corrected chi connectivity index (χ0v) is 32.7. The van der Waals surface area contributed by atoms with Crippen LogP contribution in [0.5, 0.6) is 0 Å². The third-order valence-corrected chi connectivity index (χ3v) is 17.1. The van der Waals surface area contributed by atoms with Crippen molar-refractivity contribution < 1.29 is 0 Å². The van der Waals surface area contributed by atoms with E-state index < -0.39 is 0 Å². The minimum absolute atomic E-state index is 0.803. The average Bonchev–Trinajstić information content (AvgIpc) is 3.12. The molecule has 0 aromatic rings. The van der Waals surface area contributed by atoms with Crippen molar-refractivity contribution in [1.82, 2.24) is 0 Å². The molecule has 0 aromatic carbocycles. The van der Waals surface area contributed by atoms with E-state index in [1.165, 1.54) is 96.3 Å². The molecule has 272 valence electrons. The highest BCUT2D eigenvalue weighted by Crippen LogP contribution is 2.58. The Hall–Kier alpha value is -0.780. The molecule has 48 heavy (non-hydrogen) atoms. The first kappa shape index (κ1) is 37.0. The van der Waals surface area contributed by atoms with E-state index in [2.05, 4.69) is 71.6 Å². The molecule has 0 spiro atoms. The van der Waals surface area contributed by atoms with Crippen LogP contribution in [-0.2, 0) is 0 Å². The molecule has 0 bridgehead atoms. The summed E-state index contributed by atoms with van der Waals surface area (Å²) in [4.78, 5) is 0. The van der Waals surface area contributed by atoms with Gasteiger partial charge in [0.05, 0.1) is 0 Å². The summed E-state index contributed by atoms with van der Waals surface area (Å²) in [5, 5.41) is 0. The molecule has 10 atom stereocenters. The smallest absolute Gasteiger partial charge is 0.0233 e. The number of hydrogen-bond acceptors (Lipinski definition) is 0. The predicted octanol–water partition coefficient (Wildman–Crippen LogP) is 14.5. The van der Waals surface area contributed by atoms with Crippen LogP contribution in [0, 0.1) is 94.7 Å². The maximum atomic E-state index is 4.16. The van der Waals surface area contributed by atoms with Crippen molar-refractivity contribution in [3.63, 3.8) is 0 Å². The highest BCUT2D eigenvalue weighted by Gasteiger charge is 2.49. The van der Waals surface area contributed by atoms with E-state index in [0.717, 1.165) is 94.7 Å². The molecule has 0 aromatic heterocycles. The van der Waals surface area contributed by atoms with E-state index in [-0.39, 0.29) is 0 Å². The Morgan fingerprint density at radius 3 is 1.46 bits per heavy atom. The first-order chi connectivity index (χ1) is 23.4. The van der Waals surface area contributed by atoms with Gasteiger partial charge < -0.3 is 0 Å². The van der Waals surface area contributed by atoms with E-state index in [4.69, 9.17) is 0 Å². The molecule has 6 rings (SSSR count). The van der Waals surface area contributed by atoms with Crippen molar-refractivity contribution in [1.29, 1.82) is 0 Å². The summed E-state index contributed by atoms with van der Waals surface area (Å²) in [6, 6.07) is 0. The van der Waals surface area contributed by atoms with Gasteiger partial charge in [-0.2, -0.15) is 0 Å². The Balaban J connectivity index is 1.19. The Bertz CT molecular complexity index is 1010. The lowest BCUT2D eigenvalue weighted by atomic mass is 9.51. The minimum atomic E-state index is 0.803. The number of allylic oxidation sites excluding steroid dienone is 5. The van der Waals surface area contributed by atoms with Gasteiger partial charge in [-0.15, -0.1) is 6.58 Å². The zero-order valence-electron chi connectivity index (χ0n) is 32.7. The van der Waals surface area contributed by atoms with Crippen molar-refractivity contribution in [2.45, 2.75) is 169 Å². The summed E-state index contributed by atoms with van der Waals surface area (Å²) in [5.74, 6) is 15.5. The molecule has 0 saturated heterocycles. The summed E-state index contributed by atoms with van der Waals surface area (Å²) in [7, 11) is 0. The largest absolute Gasteiger partial charge is 0.103 e. The van der Waals surface area contributed by atoms with E-state index in [1.54, 1.807) is 38.5 Å². The predicted molar refractivity (Wildman–Crippen MR) is 210 cm³/mol. The second kappa shape index (κ2) is 17.6. The van der Waals surface area contributed by atoms with Crippen molar-refractivity contribution in [3.8, 4) is 0 Å². The molecule has 6 aliphatic carbocycles. The molecular weight excluding hydrogens is 577 g/mol. The van der Waals surface area contributed by atoms with E-state index >= 15 is 0 Å². The normalized spacial score (nSPS) is 48.1. The van der Waals surface area contributed by atoms with Gasteiger partial charge in [-0.05, 0) is 231 Å². The van der Waals surface area contributed by atoms with Crippen LogP contribution in [0.15, 0.2) is 37.0 Å². The maximum Gasteiger partial charge on any atom is -0.0233 e. The van der Waals surface area contributed by atoms with Crippen LogP contribution in [0.25, 0.3) is 0 Å². The lowest BCUT2D eigenvalue weighted by molar-refractivity contribution is -0.0513. The van der Waals surface area contributed by atoms with Gasteiger partial charge >= 0.3 is 0 Å². The monoisotopic (exact) mass is 657 g/mol. The van der Waals surface area contributed by atoms with Crippen molar-refractivity contribution in [3.05, 3.63) is 37.0 Å². The lowest BCUT2D eigenvalue weighted by Crippen LogP contribution is -2.46. The second-order valence-electron chi connectivity index (χ2n) is 19.4. The SMILES string of the molecule is C=CC1CCC(C2CCC(C)C(C3CC(C)C(C4CC(C5CCC(C=CC)CC5)CCC4CC)CC3C3CCC(C=CC)CC3)C2)CC1. The van der Waals surface area contributed by atoms with Crippen LogP contribution in [0.3, 0.4) is 0 Å². The molecule has 0 nitrogen and oxygen atoms in total. The summed E-state index contributed by atoms with van der Waals surface area (Å²) in [5.41, 5.74) is 0. The van der Waals surface area contributed by atoms with Gasteiger partial charge in [0, 0.05) is 0 Å². The molecular formula is C48H80. The summed E-state index contributed by atoms with van der Waals surface area (Å²) in [6.45, 7) is 16.7. The van der Waals surface area contributed by atoms with Crippen molar-refractivity contribution in [2.75, 3.05) is 0 Å². The van der Waals surface area contributed by atoms with Crippen LogP contribution in [0.2, 0.25) is 0 Å². The molecule has 6 fully saturated rings. The molecule has 0 heteroatoms. The third-order valence-electron chi connectivity index (χ3n) is 17.1. The van der Waals surface area contributed by atoms with Crippen molar-refractivity contribution in [2.24, 2.45) is 94.7 Å². The van der Waals surface area contributed by atoms with E-state index in [9.17, 15) is 0 Å². The molecule has 6 saturated carbocycles. The fourth-order valence-corrected chi connectivity index (χ4v) is 14.3. The third kappa shape index (κ3) is 8.63. The van der Waals surface area contributed by atoms with Gasteiger partial charge in [-0.1, -0.05) is 64.0 Å². The Morgan fingerprint density at radius 2 is 0.917 bits per heavy atom. The number of hydrogen-bond donors (Lipinski definition) is 0. The molecule has 0 N–H and O–H groups in total. The van der Waals surface area contributed by atoms with Crippen LogP contribution in [0.4, 0.5) is 0 Å².